The number of carbonyl (C=O) groups is 2. The van der Waals surface area contributed by atoms with Crippen LogP contribution in [0.1, 0.15) is 54.4 Å². The van der Waals surface area contributed by atoms with Gasteiger partial charge in [-0.05, 0) is 73.7 Å². The molecule has 4 aromatic carbocycles. The van der Waals surface area contributed by atoms with Crippen molar-refractivity contribution in [3.63, 3.8) is 0 Å². The van der Waals surface area contributed by atoms with Gasteiger partial charge in [-0.3, -0.25) is 13.9 Å². The predicted molar refractivity (Wildman–Crippen MR) is 188 cm³/mol. The van der Waals surface area contributed by atoms with E-state index in [-0.39, 0.29) is 29.8 Å². The van der Waals surface area contributed by atoms with E-state index in [1.54, 1.807) is 48.5 Å². The number of rotatable bonds is 12. The largest absolute Gasteiger partial charge is 0.352 e. The molecule has 2 amide bonds. The molecule has 7 nitrogen and oxygen atoms in total. The summed E-state index contributed by atoms with van der Waals surface area (Å²) in [6, 6.07) is 29.5. The summed E-state index contributed by atoms with van der Waals surface area (Å²) < 4.78 is 29.6. The van der Waals surface area contributed by atoms with Crippen LogP contribution in [-0.2, 0) is 32.6 Å². The molecule has 0 aliphatic heterocycles. The fourth-order valence-corrected chi connectivity index (χ4v) is 7.66. The molecule has 0 saturated heterocycles. The van der Waals surface area contributed by atoms with Crippen LogP contribution in [0.5, 0.6) is 0 Å². The summed E-state index contributed by atoms with van der Waals surface area (Å²) in [6.07, 6.45) is 5.25. The van der Waals surface area contributed by atoms with Crippen molar-refractivity contribution in [1.29, 1.82) is 0 Å². The molecule has 0 bridgehead atoms. The molecule has 0 radical (unpaired) electrons. The Kier molecular flexibility index (Phi) is 11.4. The first kappa shape index (κ1) is 34.2. The van der Waals surface area contributed by atoms with Crippen molar-refractivity contribution >= 4 is 39.1 Å². The number of hydrogen-bond acceptors (Lipinski definition) is 4. The molecular weight excluding hydrogens is 630 g/mol. The van der Waals surface area contributed by atoms with Crippen molar-refractivity contribution in [3.05, 3.63) is 130 Å². The van der Waals surface area contributed by atoms with Gasteiger partial charge in [0, 0.05) is 24.0 Å². The van der Waals surface area contributed by atoms with Crippen LogP contribution in [-0.4, -0.2) is 43.8 Å². The van der Waals surface area contributed by atoms with Crippen molar-refractivity contribution < 1.29 is 18.0 Å². The summed E-state index contributed by atoms with van der Waals surface area (Å²) in [4.78, 5) is 30.5. The Morgan fingerprint density at radius 2 is 1.51 bits per heavy atom. The first-order valence-electron chi connectivity index (χ1n) is 16.1. The number of anilines is 1. The highest BCUT2D eigenvalue weighted by molar-refractivity contribution is 7.92. The number of nitrogens with one attached hydrogen (secondary N) is 1. The van der Waals surface area contributed by atoms with Gasteiger partial charge in [0.25, 0.3) is 10.0 Å². The van der Waals surface area contributed by atoms with Gasteiger partial charge >= 0.3 is 0 Å². The summed E-state index contributed by atoms with van der Waals surface area (Å²) in [7, 11) is -4.17. The average molecular weight is 672 g/mol. The zero-order chi connectivity index (χ0) is 33.4. The number of benzene rings is 4. The highest BCUT2D eigenvalue weighted by atomic mass is 35.5. The lowest BCUT2D eigenvalue weighted by molar-refractivity contribution is -0.140. The van der Waals surface area contributed by atoms with E-state index in [2.05, 4.69) is 5.32 Å². The second-order valence-corrected chi connectivity index (χ2v) is 14.6. The van der Waals surface area contributed by atoms with Gasteiger partial charge < -0.3 is 10.2 Å². The van der Waals surface area contributed by atoms with Gasteiger partial charge in [-0.2, -0.15) is 0 Å². The highest BCUT2D eigenvalue weighted by Crippen LogP contribution is 2.27. The minimum Gasteiger partial charge on any atom is -0.352 e. The van der Waals surface area contributed by atoms with Crippen LogP contribution >= 0.6 is 11.6 Å². The molecule has 1 N–H and O–H groups in total. The van der Waals surface area contributed by atoms with E-state index in [0.29, 0.717) is 16.3 Å². The summed E-state index contributed by atoms with van der Waals surface area (Å²) >= 11 is 6.61. The van der Waals surface area contributed by atoms with Crippen molar-refractivity contribution in [2.45, 2.75) is 75.9 Å². The fraction of sp³-hybridized carbons (Fsp3) is 0.316. The Morgan fingerprint density at radius 1 is 0.830 bits per heavy atom. The average Bonchev–Trinajstić information content (AvgIpc) is 3.07. The monoisotopic (exact) mass is 671 g/mol. The lowest BCUT2D eigenvalue weighted by Gasteiger charge is -2.35. The minimum atomic E-state index is -4.17. The number of aryl methyl sites for hydroxylation is 2. The summed E-state index contributed by atoms with van der Waals surface area (Å²) in [6.45, 7) is 3.28. The van der Waals surface area contributed by atoms with Gasteiger partial charge in [-0.1, -0.05) is 109 Å². The molecule has 4 aromatic rings. The zero-order valence-electron chi connectivity index (χ0n) is 26.9. The van der Waals surface area contributed by atoms with Gasteiger partial charge in [-0.15, -0.1) is 0 Å². The van der Waals surface area contributed by atoms with Crippen LogP contribution in [0.15, 0.2) is 108 Å². The Bertz CT molecular complexity index is 1770. The van der Waals surface area contributed by atoms with E-state index in [1.165, 1.54) is 4.90 Å². The molecule has 5 rings (SSSR count). The molecule has 0 heterocycles. The topological polar surface area (TPSA) is 86.8 Å². The van der Waals surface area contributed by atoms with Crippen LogP contribution in [0.4, 0.5) is 5.69 Å². The number of nitrogens with zero attached hydrogens (tertiary/aromatic N) is 2. The van der Waals surface area contributed by atoms with Crippen molar-refractivity contribution in [2.75, 3.05) is 10.8 Å². The summed E-state index contributed by atoms with van der Waals surface area (Å²) in [5, 5.41) is 3.69. The molecular formula is C38H42ClN3O4S. The van der Waals surface area contributed by atoms with E-state index in [1.807, 2.05) is 68.4 Å². The number of carbonyl (C=O) groups excluding carboxylic acids is 2. The number of sulfonamides is 1. The van der Waals surface area contributed by atoms with Crippen LogP contribution in [0.2, 0.25) is 5.02 Å². The zero-order valence-corrected chi connectivity index (χ0v) is 28.5. The molecule has 0 spiro atoms. The van der Waals surface area contributed by atoms with E-state index >= 15 is 0 Å². The van der Waals surface area contributed by atoms with Gasteiger partial charge in [0.15, 0.2) is 0 Å². The normalized spacial score (nSPS) is 14.3. The molecule has 1 aliphatic carbocycles. The number of hydrogen-bond donors (Lipinski definition) is 1. The van der Waals surface area contributed by atoms with E-state index in [9.17, 15) is 18.0 Å². The van der Waals surface area contributed by atoms with Crippen molar-refractivity contribution in [1.82, 2.24) is 10.2 Å². The smallest absolute Gasteiger partial charge is 0.264 e. The predicted octanol–water partition coefficient (Wildman–Crippen LogP) is 7.24. The molecule has 1 unspecified atom stereocenters. The van der Waals surface area contributed by atoms with Crippen molar-refractivity contribution in [3.8, 4) is 0 Å². The highest BCUT2D eigenvalue weighted by Gasteiger charge is 2.35. The molecule has 1 atom stereocenters. The third-order valence-electron chi connectivity index (χ3n) is 8.70. The maximum absolute atomic E-state index is 14.7. The Balaban J connectivity index is 1.57. The number of halogens is 1. The molecule has 246 valence electrons. The van der Waals surface area contributed by atoms with Gasteiger partial charge in [-0.25, -0.2) is 8.42 Å². The van der Waals surface area contributed by atoms with Gasteiger partial charge in [0.1, 0.15) is 12.6 Å². The summed E-state index contributed by atoms with van der Waals surface area (Å²) in [5.41, 5.74) is 3.68. The van der Waals surface area contributed by atoms with Crippen LogP contribution < -0.4 is 9.62 Å². The standard InChI is InChI=1S/C38H42ClN3O4S/c1-28-20-22-34(23-21-28)47(45,46)42(33-18-11-12-29(2)24-33)27-37(43)41(26-31-15-9-10-19-35(31)39)36(25-30-13-5-3-6-14-30)38(44)40-32-16-7-4-8-17-32/h3,5-6,9-15,18-24,32,36H,4,7-8,16-17,25-27H2,1-2H3,(H,40,44). The minimum absolute atomic E-state index is 0.0255. The third kappa shape index (κ3) is 8.82. The summed E-state index contributed by atoms with van der Waals surface area (Å²) in [5.74, 6) is -0.772. The SMILES string of the molecule is Cc1ccc(S(=O)(=O)N(CC(=O)N(Cc2ccccc2Cl)C(Cc2ccccc2)C(=O)NC2CCCCC2)c2cccc(C)c2)cc1. The van der Waals surface area contributed by atoms with Gasteiger partial charge in [0.05, 0.1) is 10.6 Å². The van der Waals surface area contributed by atoms with Crippen LogP contribution in [0.25, 0.3) is 0 Å². The molecule has 1 aliphatic rings. The first-order chi connectivity index (χ1) is 22.6. The lowest BCUT2D eigenvalue weighted by atomic mass is 9.94. The third-order valence-corrected chi connectivity index (χ3v) is 10.9. The van der Waals surface area contributed by atoms with Crippen LogP contribution in [0, 0.1) is 13.8 Å². The van der Waals surface area contributed by atoms with Gasteiger partial charge in [0.2, 0.25) is 11.8 Å². The second-order valence-electron chi connectivity index (χ2n) is 12.3. The Labute approximate surface area is 283 Å². The molecule has 47 heavy (non-hydrogen) atoms. The van der Waals surface area contributed by atoms with E-state index < -0.39 is 28.5 Å². The number of amides is 2. The van der Waals surface area contributed by atoms with E-state index in [4.69, 9.17) is 11.6 Å². The van der Waals surface area contributed by atoms with Crippen LogP contribution in [0.3, 0.4) is 0 Å². The lowest BCUT2D eigenvalue weighted by Crippen LogP contribution is -2.55. The second kappa shape index (κ2) is 15.6. The maximum Gasteiger partial charge on any atom is 0.264 e. The van der Waals surface area contributed by atoms with Crippen molar-refractivity contribution in [2.24, 2.45) is 0 Å². The Hall–Kier alpha value is -4.14. The quantitative estimate of drug-likeness (QED) is 0.172. The first-order valence-corrected chi connectivity index (χ1v) is 18.0. The van der Waals surface area contributed by atoms with E-state index in [0.717, 1.165) is 53.1 Å². The molecule has 9 heteroatoms. The molecule has 1 fully saturated rings. The molecule has 0 aromatic heterocycles. The maximum atomic E-state index is 14.7. The Morgan fingerprint density at radius 3 is 2.19 bits per heavy atom. The molecule has 1 saturated carbocycles. The fourth-order valence-electron chi connectivity index (χ4n) is 6.06.